The van der Waals surface area contributed by atoms with E-state index >= 15 is 0 Å². The monoisotopic (exact) mass is 486 g/mol. The molecule has 0 N–H and O–H groups in total. The highest BCUT2D eigenvalue weighted by Crippen LogP contribution is 2.37. The van der Waals surface area contributed by atoms with Crippen molar-refractivity contribution in [2.75, 3.05) is 24.5 Å². The van der Waals surface area contributed by atoms with E-state index in [0.717, 1.165) is 33.5 Å². The maximum absolute atomic E-state index is 13.6. The number of rotatable bonds is 3. The number of hydrogen-bond acceptors (Lipinski definition) is 2. The van der Waals surface area contributed by atoms with Gasteiger partial charge in [0.15, 0.2) is 0 Å². The number of hydrogen-bond donors (Lipinski definition) is 0. The molecule has 3 aromatic carbocycles. The standard InChI is InChI=1S/C26H25Cl3N2O/c1-16-12-17(2)25(18(3)13-16)26(32)30-10-11-31(23-9-8-21(28)14-22(23)29)24(15-30)19-4-6-20(27)7-5-19/h4-9,12-14,24H,10-11,15H2,1-3H3/t24-/m0/s1. The third-order valence-electron chi connectivity index (χ3n) is 6.03. The molecule has 1 amide bonds. The lowest BCUT2D eigenvalue weighted by atomic mass is 9.96. The summed E-state index contributed by atoms with van der Waals surface area (Å²) in [5.41, 5.74) is 5.97. The molecule has 32 heavy (non-hydrogen) atoms. The molecule has 1 fully saturated rings. The summed E-state index contributed by atoms with van der Waals surface area (Å²) in [6.45, 7) is 7.88. The van der Waals surface area contributed by atoms with Crippen molar-refractivity contribution < 1.29 is 4.79 Å². The second-order valence-corrected chi connectivity index (χ2v) is 9.66. The summed E-state index contributed by atoms with van der Waals surface area (Å²) in [7, 11) is 0. The fraction of sp³-hybridized carbons (Fsp3) is 0.269. The van der Waals surface area contributed by atoms with Gasteiger partial charge in [-0.1, -0.05) is 64.6 Å². The van der Waals surface area contributed by atoms with E-state index < -0.39 is 0 Å². The molecule has 166 valence electrons. The van der Waals surface area contributed by atoms with Gasteiger partial charge in [0, 0.05) is 35.2 Å². The summed E-state index contributed by atoms with van der Waals surface area (Å²) in [6.07, 6.45) is 0. The number of amides is 1. The van der Waals surface area contributed by atoms with Crippen LogP contribution in [0.25, 0.3) is 0 Å². The number of piperazine rings is 1. The van der Waals surface area contributed by atoms with Gasteiger partial charge in [-0.15, -0.1) is 0 Å². The molecule has 0 aromatic heterocycles. The minimum absolute atomic E-state index is 0.0605. The summed E-state index contributed by atoms with van der Waals surface area (Å²) in [5, 5.41) is 1.88. The molecule has 1 aliphatic rings. The van der Waals surface area contributed by atoms with Crippen molar-refractivity contribution >= 4 is 46.4 Å². The largest absolute Gasteiger partial charge is 0.360 e. The first-order valence-electron chi connectivity index (χ1n) is 10.6. The van der Waals surface area contributed by atoms with Crippen molar-refractivity contribution in [1.82, 2.24) is 4.90 Å². The zero-order chi connectivity index (χ0) is 23.0. The van der Waals surface area contributed by atoms with Crippen molar-refractivity contribution in [3.8, 4) is 0 Å². The van der Waals surface area contributed by atoms with Crippen molar-refractivity contribution in [2.45, 2.75) is 26.8 Å². The Morgan fingerprint density at radius 1 is 0.844 bits per heavy atom. The minimum atomic E-state index is -0.0605. The fourth-order valence-electron chi connectivity index (χ4n) is 4.62. The Balaban J connectivity index is 1.70. The highest BCUT2D eigenvalue weighted by Gasteiger charge is 2.33. The number of nitrogens with zero attached hydrogens (tertiary/aromatic N) is 2. The lowest BCUT2D eigenvalue weighted by molar-refractivity contribution is 0.0720. The van der Waals surface area contributed by atoms with E-state index in [9.17, 15) is 4.79 Å². The molecule has 1 saturated heterocycles. The Bertz CT molecular complexity index is 1140. The van der Waals surface area contributed by atoms with Gasteiger partial charge >= 0.3 is 0 Å². The van der Waals surface area contributed by atoms with Crippen molar-refractivity contribution in [1.29, 1.82) is 0 Å². The molecule has 1 heterocycles. The number of carbonyl (C=O) groups is 1. The molecule has 0 saturated carbocycles. The molecule has 0 aliphatic carbocycles. The van der Waals surface area contributed by atoms with E-state index in [1.54, 1.807) is 6.07 Å². The summed E-state index contributed by atoms with van der Waals surface area (Å²) in [4.78, 5) is 17.8. The molecule has 4 rings (SSSR count). The van der Waals surface area contributed by atoms with Crippen LogP contribution in [0.15, 0.2) is 54.6 Å². The highest BCUT2D eigenvalue weighted by molar-refractivity contribution is 6.36. The molecule has 0 bridgehead atoms. The highest BCUT2D eigenvalue weighted by atomic mass is 35.5. The molecule has 0 unspecified atom stereocenters. The van der Waals surface area contributed by atoms with Crippen LogP contribution in [0.1, 0.15) is 38.7 Å². The van der Waals surface area contributed by atoms with Gasteiger partial charge in [-0.2, -0.15) is 0 Å². The maximum atomic E-state index is 13.6. The SMILES string of the molecule is Cc1cc(C)c(C(=O)N2CCN(c3ccc(Cl)cc3Cl)[C@H](c3ccc(Cl)cc3)C2)c(C)c1. The molecular weight excluding hydrogens is 463 g/mol. The lowest BCUT2D eigenvalue weighted by Crippen LogP contribution is -2.51. The van der Waals surface area contributed by atoms with Crippen molar-refractivity contribution in [2.24, 2.45) is 0 Å². The van der Waals surface area contributed by atoms with Crippen LogP contribution in [0, 0.1) is 20.8 Å². The Hall–Kier alpha value is -2.20. The molecule has 1 aliphatic heterocycles. The van der Waals surface area contributed by atoms with Crippen LogP contribution in [0.4, 0.5) is 5.69 Å². The van der Waals surface area contributed by atoms with Crippen LogP contribution in [-0.4, -0.2) is 30.4 Å². The second-order valence-electron chi connectivity index (χ2n) is 8.38. The third kappa shape index (κ3) is 4.61. The van der Waals surface area contributed by atoms with Crippen LogP contribution in [0.5, 0.6) is 0 Å². The van der Waals surface area contributed by atoms with Crippen LogP contribution >= 0.6 is 34.8 Å². The molecule has 3 nitrogen and oxygen atoms in total. The Morgan fingerprint density at radius 3 is 2.09 bits per heavy atom. The van der Waals surface area contributed by atoms with E-state index in [1.807, 2.05) is 55.1 Å². The Kier molecular flexibility index (Phi) is 6.71. The predicted molar refractivity (Wildman–Crippen MR) is 135 cm³/mol. The van der Waals surface area contributed by atoms with Gasteiger partial charge in [0.05, 0.1) is 16.8 Å². The quantitative estimate of drug-likeness (QED) is 0.387. The molecule has 3 aromatic rings. The minimum Gasteiger partial charge on any atom is -0.360 e. The van der Waals surface area contributed by atoms with Crippen molar-refractivity contribution in [3.63, 3.8) is 0 Å². The number of carbonyl (C=O) groups excluding carboxylic acids is 1. The fourth-order valence-corrected chi connectivity index (χ4v) is 5.26. The number of anilines is 1. The first-order chi connectivity index (χ1) is 15.2. The van der Waals surface area contributed by atoms with Crippen LogP contribution in [0.3, 0.4) is 0 Å². The van der Waals surface area contributed by atoms with E-state index in [2.05, 4.69) is 24.0 Å². The zero-order valence-electron chi connectivity index (χ0n) is 18.3. The Labute approximate surface area is 204 Å². The molecular formula is C26H25Cl3N2O. The van der Waals surface area contributed by atoms with E-state index in [-0.39, 0.29) is 11.9 Å². The summed E-state index contributed by atoms with van der Waals surface area (Å²) >= 11 is 18.8. The second kappa shape index (κ2) is 9.35. The van der Waals surface area contributed by atoms with Gasteiger partial charge < -0.3 is 9.80 Å². The first-order valence-corrected chi connectivity index (χ1v) is 11.7. The Morgan fingerprint density at radius 2 is 1.47 bits per heavy atom. The summed E-state index contributed by atoms with van der Waals surface area (Å²) < 4.78 is 0. The topological polar surface area (TPSA) is 23.6 Å². The molecule has 0 radical (unpaired) electrons. The molecule has 6 heteroatoms. The van der Waals surface area contributed by atoms with E-state index in [0.29, 0.717) is 34.7 Å². The maximum Gasteiger partial charge on any atom is 0.254 e. The van der Waals surface area contributed by atoms with Gasteiger partial charge in [0.2, 0.25) is 0 Å². The average Bonchev–Trinajstić information content (AvgIpc) is 2.73. The molecule has 1 atom stereocenters. The number of benzene rings is 3. The summed E-state index contributed by atoms with van der Waals surface area (Å²) in [5.74, 6) is 0.0702. The van der Waals surface area contributed by atoms with Crippen molar-refractivity contribution in [3.05, 3.63) is 97.5 Å². The zero-order valence-corrected chi connectivity index (χ0v) is 20.6. The van der Waals surface area contributed by atoms with Gasteiger partial charge in [0.1, 0.15) is 0 Å². The number of halogens is 3. The molecule has 0 spiro atoms. The van der Waals surface area contributed by atoms with Crippen LogP contribution < -0.4 is 4.90 Å². The number of aryl methyl sites for hydroxylation is 3. The first kappa shape index (κ1) is 23.0. The lowest BCUT2D eigenvalue weighted by Gasteiger charge is -2.43. The van der Waals surface area contributed by atoms with Crippen LogP contribution in [-0.2, 0) is 0 Å². The van der Waals surface area contributed by atoms with Gasteiger partial charge in [-0.3, -0.25) is 4.79 Å². The third-order valence-corrected chi connectivity index (χ3v) is 6.82. The van der Waals surface area contributed by atoms with E-state index in [4.69, 9.17) is 34.8 Å². The average molecular weight is 488 g/mol. The van der Waals surface area contributed by atoms with Gasteiger partial charge in [-0.05, 0) is 67.8 Å². The van der Waals surface area contributed by atoms with Gasteiger partial charge in [0.25, 0.3) is 5.91 Å². The normalized spacial score (nSPS) is 16.4. The smallest absolute Gasteiger partial charge is 0.254 e. The van der Waals surface area contributed by atoms with Crippen LogP contribution in [0.2, 0.25) is 15.1 Å². The summed E-state index contributed by atoms with van der Waals surface area (Å²) in [6, 6.07) is 17.4. The predicted octanol–water partition coefficient (Wildman–Crippen LogP) is 7.28. The van der Waals surface area contributed by atoms with E-state index in [1.165, 1.54) is 0 Å². The van der Waals surface area contributed by atoms with Gasteiger partial charge in [-0.25, -0.2) is 0 Å².